The highest BCUT2D eigenvalue weighted by Gasteiger charge is 2.43. The summed E-state index contributed by atoms with van der Waals surface area (Å²) >= 11 is 0. The van der Waals surface area contributed by atoms with Crippen molar-refractivity contribution in [2.75, 3.05) is 40.3 Å². The van der Waals surface area contributed by atoms with E-state index in [1.54, 1.807) is 0 Å². The van der Waals surface area contributed by atoms with Crippen molar-refractivity contribution in [1.82, 2.24) is 9.80 Å². The van der Waals surface area contributed by atoms with Crippen molar-refractivity contribution >= 4 is 0 Å². The number of hydrogen-bond acceptors (Lipinski definition) is 3. The highest BCUT2D eigenvalue weighted by Crippen LogP contribution is 2.48. The minimum absolute atomic E-state index is 0.245. The zero-order valence-electron chi connectivity index (χ0n) is 12.8. The Labute approximate surface area is 118 Å². The second-order valence-electron chi connectivity index (χ2n) is 7.59. The molecular formula is C16H31N3. The second-order valence-corrected chi connectivity index (χ2v) is 7.59. The van der Waals surface area contributed by atoms with Gasteiger partial charge in [0.05, 0.1) is 0 Å². The summed E-state index contributed by atoms with van der Waals surface area (Å²) in [7, 11) is 4.58. The molecule has 2 bridgehead atoms. The maximum absolute atomic E-state index is 6.18. The molecule has 3 heteroatoms. The zero-order valence-corrected chi connectivity index (χ0v) is 12.8. The molecule has 0 aromatic carbocycles. The van der Waals surface area contributed by atoms with Gasteiger partial charge in [0.1, 0.15) is 0 Å². The van der Waals surface area contributed by atoms with E-state index in [0.29, 0.717) is 0 Å². The molecule has 0 amide bonds. The summed E-state index contributed by atoms with van der Waals surface area (Å²) in [5.74, 6) is 3.05. The van der Waals surface area contributed by atoms with Crippen LogP contribution >= 0.6 is 0 Å². The summed E-state index contributed by atoms with van der Waals surface area (Å²) in [6, 6.07) is 0. The van der Waals surface area contributed by atoms with Crippen molar-refractivity contribution < 1.29 is 0 Å². The van der Waals surface area contributed by atoms with E-state index in [2.05, 4.69) is 23.9 Å². The monoisotopic (exact) mass is 265 g/mol. The molecule has 4 unspecified atom stereocenters. The van der Waals surface area contributed by atoms with E-state index in [9.17, 15) is 0 Å². The second kappa shape index (κ2) is 5.34. The maximum atomic E-state index is 6.18. The van der Waals surface area contributed by atoms with E-state index in [0.717, 1.165) is 30.8 Å². The smallest absolute Gasteiger partial charge is 0.0455 e. The Morgan fingerprint density at radius 3 is 2.74 bits per heavy atom. The lowest BCUT2D eigenvalue weighted by Gasteiger charge is -2.48. The number of hydrogen-bond donors (Lipinski definition) is 1. The third-order valence-corrected chi connectivity index (χ3v) is 6.33. The molecule has 1 saturated heterocycles. The largest absolute Gasteiger partial charge is 0.329 e. The fourth-order valence-electron chi connectivity index (χ4n) is 5.12. The van der Waals surface area contributed by atoms with Crippen LogP contribution in [0.2, 0.25) is 0 Å². The normalized spacial score (nSPS) is 43.3. The Hall–Kier alpha value is -0.120. The molecule has 0 spiro atoms. The van der Waals surface area contributed by atoms with Crippen LogP contribution in [0.15, 0.2) is 0 Å². The molecule has 3 nitrogen and oxygen atoms in total. The van der Waals surface area contributed by atoms with Crippen LogP contribution in [0, 0.1) is 17.8 Å². The van der Waals surface area contributed by atoms with Crippen molar-refractivity contribution in [3.8, 4) is 0 Å². The molecular weight excluding hydrogens is 234 g/mol. The van der Waals surface area contributed by atoms with Crippen LogP contribution in [-0.2, 0) is 0 Å². The number of fused-ring (bicyclic) bond motifs is 2. The van der Waals surface area contributed by atoms with Crippen LogP contribution in [0.3, 0.4) is 0 Å². The average Bonchev–Trinajstić information content (AvgIpc) is 3.00. The third kappa shape index (κ3) is 2.57. The van der Waals surface area contributed by atoms with Gasteiger partial charge in [0.15, 0.2) is 0 Å². The molecule has 3 rings (SSSR count). The van der Waals surface area contributed by atoms with Gasteiger partial charge in [-0.2, -0.15) is 0 Å². The van der Waals surface area contributed by atoms with Gasteiger partial charge in [-0.25, -0.2) is 0 Å². The number of rotatable bonds is 4. The predicted molar refractivity (Wildman–Crippen MR) is 80.1 cm³/mol. The molecule has 2 aliphatic carbocycles. The number of piperidine rings is 1. The molecule has 3 aliphatic rings. The Morgan fingerprint density at radius 1 is 1.32 bits per heavy atom. The summed E-state index contributed by atoms with van der Waals surface area (Å²) < 4.78 is 0. The van der Waals surface area contributed by atoms with Gasteiger partial charge in [-0.05, 0) is 70.5 Å². The summed E-state index contributed by atoms with van der Waals surface area (Å²) in [6.45, 7) is 4.49. The molecule has 1 heterocycles. The SMILES string of the molecule is CN1CCCC(CN)(N(C)CC2CC3CCC2C3)C1. The van der Waals surface area contributed by atoms with Gasteiger partial charge in [-0.1, -0.05) is 6.42 Å². The quantitative estimate of drug-likeness (QED) is 0.841. The topological polar surface area (TPSA) is 32.5 Å². The molecule has 2 N–H and O–H groups in total. The van der Waals surface area contributed by atoms with Crippen LogP contribution in [0.25, 0.3) is 0 Å². The summed E-state index contributed by atoms with van der Waals surface area (Å²) in [4.78, 5) is 5.10. The highest BCUT2D eigenvalue weighted by atomic mass is 15.3. The van der Waals surface area contributed by atoms with Crippen LogP contribution in [0.1, 0.15) is 38.5 Å². The third-order valence-electron chi connectivity index (χ3n) is 6.33. The van der Waals surface area contributed by atoms with Crippen molar-refractivity contribution in [3.05, 3.63) is 0 Å². The predicted octanol–water partition coefficient (Wildman–Crippen LogP) is 1.78. The summed E-state index contributed by atoms with van der Waals surface area (Å²) in [5.41, 5.74) is 6.43. The molecule has 0 aromatic heterocycles. The van der Waals surface area contributed by atoms with Crippen molar-refractivity contribution in [1.29, 1.82) is 0 Å². The van der Waals surface area contributed by atoms with E-state index >= 15 is 0 Å². The first-order valence-electron chi connectivity index (χ1n) is 8.23. The van der Waals surface area contributed by atoms with E-state index in [-0.39, 0.29) is 5.54 Å². The Bertz CT molecular complexity index is 319. The minimum Gasteiger partial charge on any atom is -0.329 e. The molecule has 4 atom stereocenters. The van der Waals surface area contributed by atoms with Gasteiger partial charge < -0.3 is 10.6 Å². The molecule has 2 saturated carbocycles. The van der Waals surface area contributed by atoms with Gasteiger partial charge in [0, 0.05) is 25.2 Å². The van der Waals surface area contributed by atoms with E-state index in [1.165, 1.54) is 51.6 Å². The Balaban J connectivity index is 1.63. The lowest BCUT2D eigenvalue weighted by molar-refractivity contribution is 0.0281. The highest BCUT2D eigenvalue weighted by molar-refractivity contribution is 4.98. The van der Waals surface area contributed by atoms with Crippen molar-refractivity contribution in [3.63, 3.8) is 0 Å². The van der Waals surface area contributed by atoms with E-state index in [1.807, 2.05) is 0 Å². The number of likely N-dealkylation sites (N-methyl/N-ethyl adjacent to an activating group) is 2. The molecule has 0 radical (unpaired) electrons. The average molecular weight is 265 g/mol. The standard InChI is InChI=1S/C16H31N3/c1-18-7-3-6-16(11-17,12-18)19(2)10-15-9-13-4-5-14(15)8-13/h13-15H,3-12,17H2,1-2H3. The van der Waals surface area contributed by atoms with Crippen molar-refractivity contribution in [2.24, 2.45) is 23.5 Å². The number of nitrogens with two attached hydrogens (primary N) is 1. The van der Waals surface area contributed by atoms with E-state index < -0.39 is 0 Å². The lowest BCUT2D eigenvalue weighted by atomic mass is 9.84. The Kier molecular flexibility index (Phi) is 3.89. The van der Waals surface area contributed by atoms with Gasteiger partial charge >= 0.3 is 0 Å². The van der Waals surface area contributed by atoms with Gasteiger partial charge in [0.2, 0.25) is 0 Å². The van der Waals surface area contributed by atoms with Crippen LogP contribution < -0.4 is 5.73 Å². The molecule has 1 aliphatic heterocycles. The van der Waals surface area contributed by atoms with Crippen LogP contribution in [-0.4, -0.2) is 55.6 Å². The Morgan fingerprint density at radius 2 is 2.16 bits per heavy atom. The lowest BCUT2D eigenvalue weighted by Crippen LogP contribution is -2.61. The first kappa shape index (κ1) is 13.8. The fourth-order valence-corrected chi connectivity index (χ4v) is 5.12. The number of nitrogens with zero attached hydrogens (tertiary/aromatic N) is 2. The molecule has 0 aromatic rings. The summed E-state index contributed by atoms with van der Waals surface area (Å²) in [5, 5.41) is 0. The fraction of sp³-hybridized carbons (Fsp3) is 1.00. The van der Waals surface area contributed by atoms with Gasteiger partial charge in [0.25, 0.3) is 0 Å². The molecule has 3 fully saturated rings. The van der Waals surface area contributed by atoms with Gasteiger partial charge in [-0.3, -0.25) is 4.90 Å². The van der Waals surface area contributed by atoms with Gasteiger partial charge in [-0.15, -0.1) is 0 Å². The molecule has 110 valence electrons. The summed E-state index contributed by atoms with van der Waals surface area (Å²) in [6.07, 6.45) is 8.60. The zero-order chi connectivity index (χ0) is 13.5. The van der Waals surface area contributed by atoms with Crippen LogP contribution in [0.5, 0.6) is 0 Å². The first-order valence-corrected chi connectivity index (χ1v) is 8.23. The first-order chi connectivity index (χ1) is 9.13. The minimum atomic E-state index is 0.245. The van der Waals surface area contributed by atoms with E-state index in [4.69, 9.17) is 5.73 Å². The maximum Gasteiger partial charge on any atom is 0.0455 e. The molecule has 19 heavy (non-hydrogen) atoms. The van der Waals surface area contributed by atoms with Crippen LogP contribution in [0.4, 0.5) is 0 Å². The number of likely N-dealkylation sites (tertiary alicyclic amines) is 1. The van der Waals surface area contributed by atoms with Crippen molar-refractivity contribution in [2.45, 2.75) is 44.1 Å².